The second-order valence-corrected chi connectivity index (χ2v) is 17.6. The largest absolute Gasteiger partial charge is 0.258 e. The van der Waals surface area contributed by atoms with Gasteiger partial charge in [-0.2, -0.15) is 0 Å². The molecular formula is C58H48N2. The van der Waals surface area contributed by atoms with E-state index in [0.29, 0.717) is 0 Å². The van der Waals surface area contributed by atoms with Gasteiger partial charge in [0.2, 0.25) is 0 Å². The summed E-state index contributed by atoms with van der Waals surface area (Å²) in [6.07, 6.45) is 8.94. The zero-order chi connectivity index (χ0) is 40.4. The van der Waals surface area contributed by atoms with Crippen molar-refractivity contribution >= 4 is 49.4 Å². The Morgan fingerprint density at radius 3 is 2.03 bits per heavy atom. The fraction of sp³-hybridized carbons (Fsp3) is 0.172. The van der Waals surface area contributed by atoms with Gasteiger partial charge in [-0.05, 0) is 132 Å². The van der Waals surface area contributed by atoms with E-state index in [9.17, 15) is 0 Å². The van der Waals surface area contributed by atoms with Gasteiger partial charge in [-0.25, -0.2) is 4.99 Å². The second kappa shape index (κ2) is 14.6. The van der Waals surface area contributed by atoms with Crippen LogP contribution in [0.1, 0.15) is 80.3 Å². The third-order valence-electron chi connectivity index (χ3n) is 13.6. The Morgan fingerprint density at radius 2 is 1.20 bits per heavy atom. The van der Waals surface area contributed by atoms with Crippen molar-refractivity contribution < 1.29 is 0 Å². The first kappa shape index (κ1) is 36.4. The zero-order valence-corrected chi connectivity index (χ0v) is 34.6. The van der Waals surface area contributed by atoms with E-state index >= 15 is 0 Å². The summed E-state index contributed by atoms with van der Waals surface area (Å²) in [7, 11) is 0. The fourth-order valence-electron chi connectivity index (χ4n) is 10.5. The molecule has 0 bridgehead atoms. The average Bonchev–Trinajstić information content (AvgIpc) is 3.53. The molecule has 8 aromatic rings. The third kappa shape index (κ3) is 6.08. The van der Waals surface area contributed by atoms with Gasteiger partial charge in [0.1, 0.15) is 0 Å². The minimum Gasteiger partial charge on any atom is -0.258 e. The number of rotatable bonds is 5. The predicted molar refractivity (Wildman–Crippen MR) is 255 cm³/mol. The molecule has 3 aliphatic rings. The van der Waals surface area contributed by atoms with Gasteiger partial charge in [0.25, 0.3) is 0 Å². The Kier molecular flexibility index (Phi) is 8.85. The number of aliphatic imine (C=N–C) groups is 2. The molecule has 0 saturated heterocycles. The van der Waals surface area contributed by atoms with Crippen LogP contribution in [0.3, 0.4) is 0 Å². The molecule has 0 radical (unpaired) electrons. The highest BCUT2D eigenvalue weighted by Crippen LogP contribution is 2.51. The molecule has 0 amide bonds. The Labute approximate surface area is 353 Å². The summed E-state index contributed by atoms with van der Waals surface area (Å²) in [5, 5.41) is 7.70. The molecule has 2 nitrogen and oxygen atoms in total. The van der Waals surface area contributed by atoms with Crippen molar-refractivity contribution in [2.75, 3.05) is 0 Å². The van der Waals surface area contributed by atoms with Crippen molar-refractivity contribution in [3.8, 4) is 22.3 Å². The Bertz CT molecular complexity index is 3120. The number of allylic oxidation sites excluding steroid dienone is 4. The number of amidine groups is 1. The molecular weight excluding hydrogens is 725 g/mol. The molecule has 0 aromatic heterocycles. The summed E-state index contributed by atoms with van der Waals surface area (Å²) in [6.45, 7) is 7.16. The minimum absolute atomic E-state index is 0.0362. The molecule has 1 unspecified atom stereocenters. The van der Waals surface area contributed by atoms with Crippen LogP contribution in [0.2, 0.25) is 0 Å². The molecule has 0 fully saturated rings. The van der Waals surface area contributed by atoms with Crippen LogP contribution in [0.15, 0.2) is 192 Å². The lowest BCUT2D eigenvalue weighted by atomic mass is 9.78. The third-order valence-corrected chi connectivity index (χ3v) is 13.6. The summed E-state index contributed by atoms with van der Waals surface area (Å²) in [5.74, 6) is 1.05. The molecule has 2 heteroatoms. The van der Waals surface area contributed by atoms with Crippen molar-refractivity contribution in [1.82, 2.24) is 0 Å². The molecule has 290 valence electrons. The van der Waals surface area contributed by atoms with Crippen molar-refractivity contribution in [1.29, 1.82) is 0 Å². The lowest BCUT2D eigenvalue weighted by Crippen LogP contribution is -2.19. The van der Waals surface area contributed by atoms with E-state index < -0.39 is 0 Å². The van der Waals surface area contributed by atoms with E-state index in [0.717, 1.165) is 48.4 Å². The van der Waals surface area contributed by atoms with Crippen LogP contribution in [0.5, 0.6) is 0 Å². The average molecular weight is 773 g/mol. The van der Waals surface area contributed by atoms with E-state index in [-0.39, 0.29) is 17.4 Å². The number of hydrogen-bond acceptors (Lipinski definition) is 2. The van der Waals surface area contributed by atoms with E-state index in [1.165, 1.54) is 76.8 Å². The van der Waals surface area contributed by atoms with Crippen LogP contribution in [-0.4, -0.2) is 11.5 Å². The van der Waals surface area contributed by atoms with Crippen LogP contribution in [0.4, 0.5) is 0 Å². The van der Waals surface area contributed by atoms with Gasteiger partial charge in [0.05, 0.1) is 11.8 Å². The topological polar surface area (TPSA) is 24.7 Å². The van der Waals surface area contributed by atoms with Crippen LogP contribution < -0.4 is 0 Å². The zero-order valence-electron chi connectivity index (χ0n) is 34.6. The van der Waals surface area contributed by atoms with Crippen LogP contribution >= 0.6 is 0 Å². The summed E-state index contributed by atoms with van der Waals surface area (Å²) in [4.78, 5) is 10.8. The Balaban J connectivity index is 1.05. The minimum atomic E-state index is 0.0362. The van der Waals surface area contributed by atoms with Crippen molar-refractivity contribution in [2.45, 2.75) is 57.9 Å². The van der Waals surface area contributed by atoms with Crippen LogP contribution in [0, 0.1) is 5.92 Å². The van der Waals surface area contributed by atoms with Crippen LogP contribution in [-0.2, 0) is 5.41 Å². The highest BCUT2D eigenvalue weighted by molar-refractivity contribution is 6.29. The molecule has 0 saturated carbocycles. The maximum absolute atomic E-state index is 5.47. The van der Waals surface area contributed by atoms with Gasteiger partial charge in [-0.1, -0.05) is 184 Å². The maximum atomic E-state index is 5.47. The summed E-state index contributed by atoms with van der Waals surface area (Å²) < 4.78 is 0. The van der Waals surface area contributed by atoms with Gasteiger partial charge in [-0.3, -0.25) is 4.99 Å². The highest BCUT2D eigenvalue weighted by Gasteiger charge is 2.37. The highest BCUT2D eigenvalue weighted by atomic mass is 15.0. The van der Waals surface area contributed by atoms with E-state index in [4.69, 9.17) is 9.98 Å². The standard InChI is InChI=1S/C58H48N2/c1-37-28-33-54(38-16-6-4-7-17-38)59-57(39-18-8-5-9-19-39)60-56(37)43-21-14-20-42(34-43)44-25-15-26-49-45-22-10-11-23-46(45)51-35-40(30-32-50(51)55(44)49)41-29-31-48-47-24-12-13-27-52(47)58(2,3)53(48)36-41/h4-12,14-26,29-32,34-37,54H,13,27-28,33H2,1-3H3/b59-57-,60-56+/t37-,54?/m1/s1. The number of hydrogen-bond donors (Lipinski definition) is 0. The molecule has 2 atom stereocenters. The molecule has 1 aliphatic heterocycles. The van der Waals surface area contributed by atoms with E-state index in [1.807, 2.05) is 0 Å². The number of fused-ring (bicyclic) bond motifs is 8. The van der Waals surface area contributed by atoms with E-state index in [2.05, 4.69) is 197 Å². The normalized spacial score (nSPS) is 20.2. The van der Waals surface area contributed by atoms with Crippen molar-refractivity contribution in [2.24, 2.45) is 15.9 Å². The first-order chi connectivity index (χ1) is 29.4. The molecule has 0 N–H and O–H groups in total. The maximum Gasteiger partial charge on any atom is 0.155 e. The first-order valence-electron chi connectivity index (χ1n) is 21.7. The molecule has 0 spiro atoms. The summed E-state index contributed by atoms with van der Waals surface area (Å²) in [6, 6.07) is 60.5. The SMILES string of the molecule is C[C@@H]1CCC(c2ccccc2)/N=C(c2ccccc2)\N=C/1c1cccc(-c2cccc3c4ccccc4c4cc(-c5ccc6c(c5)C(C)(C)C5=C6C=CCC5)ccc4c23)c1. The summed E-state index contributed by atoms with van der Waals surface area (Å²) >= 11 is 0. The molecule has 8 aromatic carbocycles. The second-order valence-electron chi connectivity index (χ2n) is 17.6. The smallest absolute Gasteiger partial charge is 0.155 e. The van der Waals surface area contributed by atoms with Gasteiger partial charge >= 0.3 is 0 Å². The number of nitrogens with zero attached hydrogens (tertiary/aromatic N) is 2. The molecule has 1 heterocycles. The quantitative estimate of drug-likeness (QED) is 0.156. The van der Waals surface area contributed by atoms with Gasteiger partial charge in [0.15, 0.2) is 5.84 Å². The number of benzene rings is 8. The van der Waals surface area contributed by atoms with Gasteiger partial charge in [0, 0.05) is 11.0 Å². The van der Waals surface area contributed by atoms with Crippen LogP contribution in [0.25, 0.3) is 60.1 Å². The lowest BCUT2D eigenvalue weighted by molar-refractivity contribution is 0.555. The Hall–Kier alpha value is -6.64. The van der Waals surface area contributed by atoms with Crippen molar-refractivity contribution in [3.05, 3.63) is 209 Å². The summed E-state index contributed by atoms with van der Waals surface area (Å²) in [5.41, 5.74) is 15.4. The molecule has 60 heavy (non-hydrogen) atoms. The fourth-order valence-corrected chi connectivity index (χ4v) is 10.5. The van der Waals surface area contributed by atoms with Gasteiger partial charge in [-0.15, -0.1) is 0 Å². The van der Waals surface area contributed by atoms with E-state index in [1.54, 1.807) is 5.57 Å². The van der Waals surface area contributed by atoms with Crippen molar-refractivity contribution in [3.63, 3.8) is 0 Å². The lowest BCUT2D eigenvalue weighted by Gasteiger charge is -2.26. The monoisotopic (exact) mass is 772 g/mol. The first-order valence-corrected chi connectivity index (χ1v) is 21.7. The molecule has 11 rings (SSSR count). The predicted octanol–water partition coefficient (Wildman–Crippen LogP) is 15.3. The Morgan fingerprint density at radius 1 is 0.533 bits per heavy atom. The molecule has 2 aliphatic carbocycles. The van der Waals surface area contributed by atoms with Gasteiger partial charge < -0.3 is 0 Å².